The lowest BCUT2D eigenvalue weighted by Crippen LogP contribution is -2.38. The average molecular weight is 426 g/mol. The highest BCUT2D eigenvalue weighted by Gasteiger charge is 2.25. The first-order valence-corrected chi connectivity index (χ1v) is 11.2. The molecule has 3 aliphatic rings. The van der Waals surface area contributed by atoms with Gasteiger partial charge in [-0.25, -0.2) is 4.98 Å². The lowest BCUT2D eigenvalue weighted by Gasteiger charge is -2.31. The molecule has 2 aliphatic heterocycles. The number of hydrogen-bond acceptors (Lipinski definition) is 3. The third kappa shape index (κ3) is 4.11. The third-order valence-electron chi connectivity index (χ3n) is 6.43. The molecular formula is C27H27N3O2. The van der Waals surface area contributed by atoms with Crippen LogP contribution in [-0.2, 0) is 0 Å². The number of benzene rings is 2. The SMILES string of the molecule is COc1cccc(-c2cccc(C(=O)NC3CCC(n4cccc5ccnc4-5)CC3)c2)c1. The Labute approximate surface area is 188 Å². The van der Waals surface area contributed by atoms with Gasteiger partial charge in [-0.05, 0) is 79.3 Å². The van der Waals surface area contributed by atoms with Gasteiger partial charge in [0.15, 0.2) is 0 Å². The van der Waals surface area contributed by atoms with E-state index in [9.17, 15) is 4.79 Å². The maximum atomic E-state index is 13.0. The fourth-order valence-corrected chi connectivity index (χ4v) is 4.70. The number of rotatable bonds is 5. The van der Waals surface area contributed by atoms with E-state index >= 15 is 0 Å². The minimum Gasteiger partial charge on any atom is -0.497 e. The molecule has 0 atom stereocenters. The van der Waals surface area contributed by atoms with Crippen LogP contribution in [0.15, 0.2) is 79.1 Å². The Kier molecular flexibility index (Phi) is 5.63. The third-order valence-corrected chi connectivity index (χ3v) is 6.43. The second-order valence-electron chi connectivity index (χ2n) is 8.43. The first-order valence-electron chi connectivity index (χ1n) is 11.2. The standard InChI is InChI=1S/C27H27N3O2/c1-32-25-9-3-6-21(18-25)20-5-2-7-22(17-20)27(31)29-23-10-12-24(13-11-23)30-16-4-8-19-14-15-28-26(19)30/h2-9,14-18,23-24H,10-13H2,1H3,(H,29,31). The Morgan fingerprint density at radius 2 is 1.69 bits per heavy atom. The molecule has 1 aliphatic carbocycles. The first kappa shape index (κ1) is 20.3. The maximum Gasteiger partial charge on any atom is 0.251 e. The van der Waals surface area contributed by atoms with Crippen molar-refractivity contribution in [2.45, 2.75) is 37.8 Å². The summed E-state index contributed by atoms with van der Waals surface area (Å²) in [6.07, 6.45) is 8.00. The number of nitrogens with one attached hydrogen (secondary N) is 1. The first-order chi connectivity index (χ1) is 15.7. The van der Waals surface area contributed by atoms with Crippen molar-refractivity contribution in [1.29, 1.82) is 0 Å². The number of nitrogens with zero attached hydrogens (tertiary/aromatic N) is 2. The van der Waals surface area contributed by atoms with E-state index in [2.05, 4.69) is 39.3 Å². The summed E-state index contributed by atoms with van der Waals surface area (Å²) in [4.78, 5) is 17.5. The van der Waals surface area contributed by atoms with Crippen LogP contribution in [0.1, 0.15) is 42.1 Å². The van der Waals surface area contributed by atoms with Crippen molar-refractivity contribution in [2.75, 3.05) is 7.11 Å². The number of amides is 1. The highest BCUT2D eigenvalue weighted by molar-refractivity contribution is 5.95. The maximum absolute atomic E-state index is 13.0. The highest BCUT2D eigenvalue weighted by Crippen LogP contribution is 2.33. The molecule has 1 N–H and O–H groups in total. The number of methoxy groups -OCH3 is 1. The van der Waals surface area contributed by atoms with Crippen LogP contribution in [0.2, 0.25) is 0 Å². The Morgan fingerprint density at radius 3 is 2.50 bits per heavy atom. The van der Waals surface area contributed by atoms with E-state index in [1.807, 2.05) is 54.7 Å². The Morgan fingerprint density at radius 1 is 0.938 bits per heavy atom. The molecule has 0 saturated heterocycles. The predicted molar refractivity (Wildman–Crippen MR) is 126 cm³/mol. The van der Waals surface area contributed by atoms with Gasteiger partial charge in [0, 0.05) is 35.6 Å². The Hall–Kier alpha value is -3.60. The number of hydrogen-bond donors (Lipinski definition) is 1. The molecule has 0 aromatic heterocycles. The molecule has 0 unspecified atom stereocenters. The molecule has 0 radical (unpaired) electrons. The smallest absolute Gasteiger partial charge is 0.251 e. The zero-order valence-corrected chi connectivity index (χ0v) is 18.2. The van der Waals surface area contributed by atoms with Crippen molar-refractivity contribution in [3.63, 3.8) is 0 Å². The van der Waals surface area contributed by atoms with E-state index in [-0.39, 0.29) is 11.9 Å². The quantitative estimate of drug-likeness (QED) is 0.454. The highest BCUT2D eigenvalue weighted by atomic mass is 16.5. The van der Waals surface area contributed by atoms with Gasteiger partial charge in [-0.3, -0.25) is 4.79 Å². The molecule has 1 saturated carbocycles. The van der Waals surface area contributed by atoms with Crippen molar-refractivity contribution in [3.8, 4) is 28.3 Å². The van der Waals surface area contributed by atoms with Crippen LogP contribution in [0, 0.1) is 0 Å². The molecule has 5 heteroatoms. The zero-order chi connectivity index (χ0) is 21.9. The second kappa shape index (κ2) is 8.87. The van der Waals surface area contributed by atoms with E-state index in [1.54, 1.807) is 7.11 Å². The number of fused-ring (bicyclic) bond motifs is 1. The number of pyridine rings is 1. The summed E-state index contributed by atoms with van der Waals surface area (Å²) in [6.45, 7) is 0. The minimum atomic E-state index is -0.00866. The van der Waals surface area contributed by atoms with Gasteiger partial charge in [0.1, 0.15) is 11.6 Å². The summed E-state index contributed by atoms with van der Waals surface area (Å²) in [6, 6.07) is 22.6. The largest absolute Gasteiger partial charge is 0.497 e. The van der Waals surface area contributed by atoms with Gasteiger partial charge in [0.25, 0.3) is 5.91 Å². The van der Waals surface area contributed by atoms with E-state index in [1.165, 1.54) is 5.56 Å². The summed E-state index contributed by atoms with van der Waals surface area (Å²) >= 11 is 0. The normalized spacial score (nSPS) is 18.4. The van der Waals surface area contributed by atoms with Crippen molar-refractivity contribution < 1.29 is 9.53 Å². The van der Waals surface area contributed by atoms with Crippen molar-refractivity contribution in [1.82, 2.24) is 14.9 Å². The van der Waals surface area contributed by atoms with Crippen LogP contribution in [0.4, 0.5) is 0 Å². The monoisotopic (exact) mass is 425 g/mol. The summed E-state index contributed by atoms with van der Waals surface area (Å²) in [7, 11) is 1.66. The Balaban J connectivity index is 1.23. The summed E-state index contributed by atoms with van der Waals surface area (Å²) < 4.78 is 7.63. The van der Waals surface area contributed by atoms with Gasteiger partial charge in [-0.15, -0.1) is 0 Å². The van der Waals surface area contributed by atoms with E-state index in [0.29, 0.717) is 11.6 Å². The molecule has 0 spiro atoms. The van der Waals surface area contributed by atoms with E-state index in [4.69, 9.17) is 4.74 Å². The fourth-order valence-electron chi connectivity index (χ4n) is 4.70. The zero-order valence-electron chi connectivity index (χ0n) is 18.2. The van der Waals surface area contributed by atoms with Crippen LogP contribution >= 0.6 is 0 Å². The number of aromatic nitrogens is 2. The molecular weight excluding hydrogens is 398 g/mol. The van der Waals surface area contributed by atoms with Gasteiger partial charge >= 0.3 is 0 Å². The Bertz CT molecular complexity index is 1190. The summed E-state index contributed by atoms with van der Waals surface area (Å²) in [5.74, 6) is 1.85. The van der Waals surface area contributed by atoms with Crippen LogP contribution in [-0.4, -0.2) is 28.6 Å². The fraction of sp³-hybridized carbons (Fsp3) is 0.259. The van der Waals surface area contributed by atoms with Crippen molar-refractivity contribution in [2.24, 2.45) is 0 Å². The van der Waals surface area contributed by atoms with Crippen LogP contribution < -0.4 is 10.1 Å². The second-order valence-corrected chi connectivity index (χ2v) is 8.43. The molecule has 1 fully saturated rings. The number of ether oxygens (including phenoxy) is 1. The molecule has 2 aromatic carbocycles. The molecule has 0 bridgehead atoms. The summed E-state index contributed by atoms with van der Waals surface area (Å²) in [5.41, 5.74) is 3.91. The van der Waals surface area contributed by atoms with E-state index < -0.39 is 0 Å². The molecule has 5 rings (SSSR count). The molecule has 32 heavy (non-hydrogen) atoms. The van der Waals surface area contributed by atoms with Crippen LogP contribution in [0.25, 0.3) is 22.5 Å². The molecule has 2 aromatic rings. The van der Waals surface area contributed by atoms with Gasteiger partial charge in [-0.1, -0.05) is 24.3 Å². The molecule has 162 valence electrons. The van der Waals surface area contributed by atoms with E-state index in [0.717, 1.165) is 48.4 Å². The van der Waals surface area contributed by atoms with Crippen LogP contribution in [0.5, 0.6) is 5.75 Å². The lowest BCUT2D eigenvalue weighted by atomic mass is 9.90. The van der Waals surface area contributed by atoms with Crippen LogP contribution in [0.3, 0.4) is 0 Å². The van der Waals surface area contributed by atoms with Gasteiger partial charge in [0.05, 0.1) is 7.11 Å². The minimum absolute atomic E-state index is 0.00866. The lowest BCUT2D eigenvalue weighted by molar-refractivity contribution is 0.0922. The molecule has 5 nitrogen and oxygen atoms in total. The topological polar surface area (TPSA) is 56.1 Å². The van der Waals surface area contributed by atoms with Crippen molar-refractivity contribution in [3.05, 3.63) is 84.7 Å². The molecule has 1 amide bonds. The summed E-state index contributed by atoms with van der Waals surface area (Å²) in [5, 5.41) is 3.25. The predicted octanol–water partition coefficient (Wildman–Crippen LogP) is 5.58. The van der Waals surface area contributed by atoms with Crippen molar-refractivity contribution >= 4 is 5.91 Å². The van der Waals surface area contributed by atoms with Gasteiger partial charge < -0.3 is 14.6 Å². The van der Waals surface area contributed by atoms with Gasteiger partial charge in [-0.2, -0.15) is 0 Å². The average Bonchev–Trinajstić information content (AvgIpc) is 3.34. The number of carbonyl (C=O) groups is 1. The van der Waals surface area contributed by atoms with Gasteiger partial charge in [0.2, 0.25) is 0 Å². The molecule has 2 heterocycles. The number of carbonyl (C=O) groups excluding carboxylic acids is 1.